The van der Waals surface area contributed by atoms with Crippen LogP contribution in [0.5, 0.6) is 0 Å². The minimum Gasteiger partial charge on any atom is -0.466 e. The SMILES string of the molecule is CCOC(=O)CCc1c(C)cc(C)cc1C. The van der Waals surface area contributed by atoms with Gasteiger partial charge < -0.3 is 4.74 Å². The number of carbonyl (C=O) groups excluding carboxylic acids is 1. The van der Waals surface area contributed by atoms with Crippen molar-refractivity contribution in [2.24, 2.45) is 0 Å². The molecule has 0 bridgehead atoms. The van der Waals surface area contributed by atoms with Crippen LogP contribution in [-0.2, 0) is 16.0 Å². The van der Waals surface area contributed by atoms with Crippen LogP contribution in [0.4, 0.5) is 0 Å². The number of aryl methyl sites for hydroxylation is 3. The largest absolute Gasteiger partial charge is 0.466 e. The second kappa shape index (κ2) is 5.69. The lowest BCUT2D eigenvalue weighted by Gasteiger charge is -2.10. The third-order valence-electron chi connectivity index (χ3n) is 2.72. The molecule has 0 N–H and O–H groups in total. The Morgan fingerprint density at radius 3 is 2.25 bits per heavy atom. The molecule has 0 saturated carbocycles. The summed E-state index contributed by atoms with van der Waals surface area (Å²) in [6, 6.07) is 4.32. The first-order valence-electron chi connectivity index (χ1n) is 5.77. The Kier molecular flexibility index (Phi) is 4.53. The van der Waals surface area contributed by atoms with Crippen molar-refractivity contribution in [1.29, 1.82) is 0 Å². The molecule has 1 aromatic rings. The number of benzene rings is 1. The van der Waals surface area contributed by atoms with Gasteiger partial charge in [-0.3, -0.25) is 4.79 Å². The maximum absolute atomic E-state index is 11.3. The topological polar surface area (TPSA) is 26.3 Å². The van der Waals surface area contributed by atoms with Gasteiger partial charge in [-0.25, -0.2) is 0 Å². The molecule has 0 radical (unpaired) electrons. The zero-order valence-corrected chi connectivity index (χ0v) is 10.6. The molecule has 0 aliphatic rings. The van der Waals surface area contributed by atoms with Crippen LogP contribution >= 0.6 is 0 Å². The van der Waals surface area contributed by atoms with E-state index in [-0.39, 0.29) is 5.97 Å². The Bertz CT molecular complexity index is 357. The number of esters is 1. The van der Waals surface area contributed by atoms with E-state index in [2.05, 4.69) is 32.9 Å². The molecule has 0 aliphatic carbocycles. The van der Waals surface area contributed by atoms with Gasteiger partial charge in [-0.2, -0.15) is 0 Å². The highest BCUT2D eigenvalue weighted by atomic mass is 16.5. The molecule has 16 heavy (non-hydrogen) atoms. The minimum atomic E-state index is -0.109. The number of ether oxygens (including phenoxy) is 1. The van der Waals surface area contributed by atoms with E-state index in [4.69, 9.17) is 4.74 Å². The van der Waals surface area contributed by atoms with Crippen molar-refractivity contribution in [2.75, 3.05) is 6.61 Å². The lowest BCUT2D eigenvalue weighted by atomic mass is 9.96. The summed E-state index contributed by atoms with van der Waals surface area (Å²) in [5, 5.41) is 0. The molecule has 1 rings (SSSR count). The van der Waals surface area contributed by atoms with E-state index in [9.17, 15) is 4.79 Å². The first kappa shape index (κ1) is 12.8. The Morgan fingerprint density at radius 2 is 1.75 bits per heavy atom. The van der Waals surface area contributed by atoms with Crippen LogP contribution < -0.4 is 0 Å². The van der Waals surface area contributed by atoms with Crippen molar-refractivity contribution in [3.8, 4) is 0 Å². The first-order chi connectivity index (χ1) is 7.54. The molecule has 0 unspecified atom stereocenters. The summed E-state index contributed by atoms with van der Waals surface area (Å²) in [4.78, 5) is 11.3. The van der Waals surface area contributed by atoms with Crippen LogP contribution in [0.3, 0.4) is 0 Å². The molecular formula is C14H20O2. The highest BCUT2D eigenvalue weighted by molar-refractivity contribution is 5.69. The van der Waals surface area contributed by atoms with E-state index >= 15 is 0 Å². The van der Waals surface area contributed by atoms with E-state index < -0.39 is 0 Å². The summed E-state index contributed by atoms with van der Waals surface area (Å²) >= 11 is 0. The van der Waals surface area contributed by atoms with Gasteiger partial charge in [0.05, 0.1) is 6.61 Å². The molecule has 0 saturated heterocycles. The second-order valence-corrected chi connectivity index (χ2v) is 4.18. The van der Waals surface area contributed by atoms with E-state index in [1.165, 1.54) is 22.3 Å². The maximum Gasteiger partial charge on any atom is 0.306 e. The molecule has 1 aromatic carbocycles. The van der Waals surface area contributed by atoms with Crippen molar-refractivity contribution in [1.82, 2.24) is 0 Å². The summed E-state index contributed by atoms with van der Waals surface area (Å²) < 4.78 is 4.93. The molecule has 88 valence electrons. The Labute approximate surface area is 97.6 Å². The van der Waals surface area contributed by atoms with E-state index in [1.54, 1.807) is 0 Å². The fourth-order valence-electron chi connectivity index (χ4n) is 2.06. The average Bonchev–Trinajstić information content (AvgIpc) is 2.16. The molecular weight excluding hydrogens is 200 g/mol. The van der Waals surface area contributed by atoms with E-state index in [0.29, 0.717) is 13.0 Å². The van der Waals surface area contributed by atoms with Crippen LogP contribution in [0, 0.1) is 20.8 Å². The van der Waals surface area contributed by atoms with Gasteiger partial charge in [0.25, 0.3) is 0 Å². The predicted octanol–water partition coefficient (Wildman–Crippen LogP) is 3.11. The third-order valence-corrected chi connectivity index (χ3v) is 2.72. The lowest BCUT2D eigenvalue weighted by Crippen LogP contribution is -2.06. The van der Waals surface area contributed by atoms with E-state index in [0.717, 1.165) is 6.42 Å². The zero-order valence-electron chi connectivity index (χ0n) is 10.6. The van der Waals surface area contributed by atoms with Gasteiger partial charge >= 0.3 is 5.97 Å². The molecule has 0 fully saturated rings. The zero-order chi connectivity index (χ0) is 12.1. The number of rotatable bonds is 4. The molecule has 0 atom stereocenters. The lowest BCUT2D eigenvalue weighted by molar-refractivity contribution is -0.143. The van der Waals surface area contributed by atoms with Gasteiger partial charge in [0.15, 0.2) is 0 Å². The van der Waals surface area contributed by atoms with Crippen molar-refractivity contribution in [3.05, 3.63) is 34.4 Å². The standard InChI is InChI=1S/C14H20O2/c1-5-16-14(15)7-6-13-11(3)8-10(2)9-12(13)4/h8-9H,5-7H2,1-4H3. The fourth-order valence-corrected chi connectivity index (χ4v) is 2.06. The summed E-state index contributed by atoms with van der Waals surface area (Å²) in [5.41, 5.74) is 5.08. The van der Waals surface area contributed by atoms with Gasteiger partial charge in [0.2, 0.25) is 0 Å². The van der Waals surface area contributed by atoms with Crippen LogP contribution in [0.25, 0.3) is 0 Å². The van der Waals surface area contributed by atoms with Crippen molar-refractivity contribution < 1.29 is 9.53 Å². The van der Waals surface area contributed by atoms with Crippen molar-refractivity contribution in [2.45, 2.75) is 40.5 Å². The summed E-state index contributed by atoms with van der Waals surface area (Å²) in [6.07, 6.45) is 1.25. The molecule has 0 spiro atoms. The van der Waals surface area contributed by atoms with Crippen molar-refractivity contribution >= 4 is 5.97 Å². The van der Waals surface area contributed by atoms with Gasteiger partial charge in [-0.05, 0) is 50.8 Å². The molecule has 0 heterocycles. The van der Waals surface area contributed by atoms with Gasteiger partial charge in [0, 0.05) is 6.42 Å². The quantitative estimate of drug-likeness (QED) is 0.729. The maximum atomic E-state index is 11.3. The average molecular weight is 220 g/mol. The monoisotopic (exact) mass is 220 g/mol. The van der Waals surface area contributed by atoms with Gasteiger partial charge in [-0.15, -0.1) is 0 Å². The molecule has 2 heteroatoms. The van der Waals surface area contributed by atoms with Crippen LogP contribution in [0.15, 0.2) is 12.1 Å². The van der Waals surface area contributed by atoms with Crippen LogP contribution in [0.1, 0.15) is 35.6 Å². The third kappa shape index (κ3) is 3.37. The highest BCUT2D eigenvalue weighted by Gasteiger charge is 2.07. The van der Waals surface area contributed by atoms with Crippen LogP contribution in [0.2, 0.25) is 0 Å². The number of carbonyl (C=O) groups is 1. The fraction of sp³-hybridized carbons (Fsp3) is 0.500. The summed E-state index contributed by atoms with van der Waals surface area (Å²) in [7, 11) is 0. The minimum absolute atomic E-state index is 0.109. The Balaban J connectivity index is 2.70. The molecule has 0 amide bonds. The van der Waals surface area contributed by atoms with E-state index in [1.807, 2.05) is 6.92 Å². The highest BCUT2D eigenvalue weighted by Crippen LogP contribution is 2.18. The molecule has 0 aromatic heterocycles. The Morgan fingerprint density at radius 1 is 1.19 bits per heavy atom. The smallest absolute Gasteiger partial charge is 0.306 e. The van der Waals surface area contributed by atoms with Gasteiger partial charge in [-0.1, -0.05) is 17.7 Å². The summed E-state index contributed by atoms with van der Waals surface area (Å²) in [6.45, 7) is 8.58. The molecule has 2 nitrogen and oxygen atoms in total. The van der Waals surface area contributed by atoms with Gasteiger partial charge in [0.1, 0.15) is 0 Å². The first-order valence-corrected chi connectivity index (χ1v) is 5.77. The second-order valence-electron chi connectivity index (χ2n) is 4.18. The van der Waals surface area contributed by atoms with Crippen molar-refractivity contribution in [3.63, 3.8) is 0 Å². The number of hydrogen-bond acceptors (Lipinski definition) is 2. The number of hydrogen-bond donors (Lipinski definition) is 0. The summed E-state index contributed by atoms with van der Waals surface area (Å²) in [5.74, 6) is -0.109. The Hall–Kier alpha value is -1.31. The predicted molar refractivity (Wildman–Crippen MR) is 65.6 cm³/mol. The molecule has 0 aliphatic heterocycles. The van der Waals surface area contributed by atoms with Crippen LogP contribution in [-0.4, -0.2) is 12.6 Å². The normalized spacial score (nSPS) is 10.2.